The Bertz CT molecular complexity index is 1090. The van der Waals surface area contributed by atoms with Crippen molar-refractivity contribution in [2.45, 2.75) is 18.0 Å². The molecule has 2 aliphatic heterocycles. The van der Waals surface area contributed by atoms with Gasteiger partial charge >= 0.3 is 0 Å². The number of methoxy groups -OCH3 is 1. The van der Waals surface area contributed by atoms with E-state index < -0.39 is 0 Å². The molecule has 5 heteroatoms. The highest BCUT2D eigenvalue weighted by atomic mass is 19.1. The van der Waals surface area contributed by atoms with E-state index in [9.17, 15) is 9.18 Å². The number of hydrogen-bond acceptors (Lipinski definition) is 4. The zero-order valence-corrected chi connectivity index (χ0v) is 16.8. The van der Waals surface area contributed by atoms with Crippen LogP contribution in [0.4, 0.5) is 10.1 Å². The van der Waals surface area contributed by atoms with Gasteiger partial charge in [0.2, 0.25) is 0 Å². The van der Waals surface area contributed by atoms with Gasteiger partial charge in [-0.2, -0.15) is 0 Å². The molecule has 152 valence electrons. The fourth-order valence-corrected chi connectivity index (χ4v) is 4.84. The van der Waals surface area contributed by atoms with E-state index in [0.717, 1.165) is 28.1 Å². The maximum Gasteiger partial charge on any atom is 0.174 e. The number of fused-ring (bicyclic) bond motifs is 1. The first-order valence-electron chi connectivity index (χ1n) is 10.1. The van der Waals surface area contributed by atoms with Gasteiger partial charge in [-0.25, -0.2) is 4.39 Å². The SMILES string of the molecule is COc1ccc(C2C(=O)c3ccccc3NC23CN(Cc2cccc(F)c2)C3)cc1. The highest BCUT2D eigenvalue weighted by Gasteiger charge is 2.55. The Labute approximate surface area is 175 Å². The van der Waals surface area contributed by atoms with Gasteiger partial charge < -0.3 is 10.1 Å². The molecule has 0 aromatic heterocycles. The minimum Gasteiger partial charge on any atom is -0.497 e. The fraction of sp³-hybridized carbons (Fsp3) is 0.240. The normalized spacial score (nSPS) is 19.7. The van der Waals surface area contributed by atoms with Crippen LogP contribution >= 0.6 is 0 Å². The summed E-state index contributed by atoms with van der Waals surface area (Å²) in [5, 5.41) is 3.68. The number of ether oxygens (including phenoxy) is 1. The van der Waals surface area contributed by atoms with Gasteiger partial charge in [0.25, 0.3) is 0 Å². The minimum atomic E-state index is -0.382. The van der Waals surface area contributed by atoms with Crippen molar-refractivity contribution in [1.29, 1.82) is 0 Å². The van der Waals surface area contributed by atoms with Crippen molar-refractivity contribution < 1.29 is 13.9 Å². The summed E-state index contributed by atoms with van der Waals surface area (Å²) in [5.41, 5.74) is 3.15. The molecule has 1 atom stereocenters. The predicted molar refractivity (Wildman–Crippen MR) is 115 cm³/mol. The maximum atomic E-state index is 13.6. The number of carbonyl (C=O) groups excluding carboxylic acids is 1. The van der Waals surface area contributed by atoms with E-state index in [1.807, 2.05) is 54.6 Å². The van der Waals surface area contributed by atoms with Crippen molar-refractivity contribution in [3.05, 3.63) is 95.3 Å². The van der Waals surface area contributed by atoms with Crippen molar-refractivity contribution in [3.8, 4) is 5.75 Å². The van der Waals surface area contributed by atoms with E-state index in [0.29, 0.717) is 19.6 Å². The number of nitrogens with zero attached hydrogens (tertiary/aromatic N) is 1. The molecule has 0 aliphatic carbocycles. The minimum absolute atomic E-state index is 0.139. The number of anilines is 1. The second-order valence-electron chi connectivity index (χ2n) is 8.17. The molecule has 1 fully saturated rings. The average Bonchev–Trinajstić information content (AvgIpc) is 2.73. The Hall–Kier alpha value is -3.18. The van der Waals surface area contributed by atoms with Crippen LogP contribution in [0.1, 0.15) is 27.4 Å². The molecule has 4 nitrogen and oxygen atoms in total. The maximum absolute atomic E-state index is 13.6. The molecular formula is C25H23FN2O2. The van der Waals surface area contributed by atoms with Gasteiger partial charge in [-0.15, -0.1) is 0 Å². The Balaban J connectivity index is 1.46. The van der Waals surface area contributed by atoms with Gasteiger partial charge in [0.05, 0.1) is 18.6 Å². The standard InChI is InChI=1S/C25H23FN2O2/c1-30-20-11-9-18(10-12-20)23-24(29)21-7-2-3-8-22(21)27-25(23)15-28(16-25)14-17-5-4-6-19(26)13-17/h2-13,23,27H,14-16H2,1H3. The van der Waals surface area contributed by atoms with Crippen LogP contribution in [0, 0.1) is 5.82 Å². The number of rotatable bonds is 4. The Kier molecular flexibility index (Phi) is 4.55. The van der Waals surface area contributed by atoms with Crippen molar-refractivity contribution in [1.82, 2.24) is 4.90 Å². The molecule has 3 aromatic carbocycles. The number of ketones is 1. The number of halogens is 1. The number of likely N-dealkylation sites (tertiary alicyclic amines) is 1. The van der Waals surface area contributed by atoms with Crippen LogP contribution in [0.5, 0.6) is 5.75 Å². The van der Waals surface area contributed by atoms with E-state index in [1.165, 1.54) is 6.07 Å². The fourth-order valence-electron chi connectivity index (χ4n) is 4.84. The van der Waals surface area contributed by atoms with E-state index in [-0.39, 0.29) is 23.1 Å². The highest BCUT2D eigenvalue weighted by Crippen LogP contribution is 2.46. The molecule has 2 aliphatic rings. The van der Waals surface area contributed by atoms with Gasteiger partial charge in [-0.05, 0) is 47.5 Å². The van der Waals surface area contributed by atoms with E-state index in [4.69, 9.17) is 4.74 Å². The number of para-hydroxylation sites is 1. The average molecular weight is 402 g/mol. The zero-order valence-electron chi connectivity index (χ0n) is 16.8. The van der Waals surface area contributed by atoms with Crippen LogP contribution in [0.3, 0.4) is 0 Å². The molecular weight excluding hydrogens is 379 g/mol. The van der Waals surface area contributed by atoms with Gasteiger partial charge in [-0.1, -0.05) is 36.4 Å². The van der Waals surface area contributed by atoms with Crippen molar-refractivity contribution in [2.24, 2.45) is 0 Å². The van der Waals surface area contributed by atoms with Gasteiger partial charge in [-0.3, -0.25) is 9.69 Å². The molecule has 1 N–H and O–H groups in total. The van der Waals surface area contributed by atoms with Crippen LogP contribution in [0.2, 0.25) is 0 Å². The summed E-state index contributed by atoms with van der Waals surface area (Å²) in [5.74, 6) is 0.395. The van der Waals surface area contributed by atoms with E-state index in [2.05, 4.69) is 10.2 Å². The number of benzene rings is 3. The van der Waals surface area contributed by atoms with Gasteiger partial charge in [0.1, 0.15) is 11.6 Å². The Morgan fingerprint density at radius 3 is 2.57 bits per heavy atom. The molecule has 1 spiro atoms. The van der Waals surface area contributed by atoms with Crippen LogP contribution < -0.4 is 10.1 Å². The quantitative estimate of drug-likeness (QED) is 0.699. The highest BCUT2D eigenvalue weighted by molar-refractivity contribution is 6.08. The topological polar surface area (TPSA) is 41.6 Å². The predicted octanol–water partition coefficient (Wildman–Crippen LogP) is 4.48. The summed E-state index contributed by atoms with van der Waals surface area (Å²) in [6, 6.07) is 22.2. The summed E-state index contributed by atoms with van der Waals surface area (Å²) in [7, 11) is 1.64. The first kappa shape index (κ1) is 18.8. The summed E-state index contributed by atoms with van der Waals surface area (Å²) in [4.78, 5) is 15.8. The second kappa shape index (κ2) is 7.26. The van der Waals surface area contributed by atoms with Crippen LogP contribution in [0.15, 0.2) is 72.8 Å². The van der Waals surface area contributed by atoms with E-state index >= 15 is 0 Å². The van der Waals surface area contributed by atoms with Crippen molar-refractivity contribution in [2.75, 3.05) is 25.5 Å². The summed E-state index contributed by atoms with van der Waals surface area (Å²) in [6.07, 6.45) is 0. The van der Waals surface area contributed by atoms with Gasteiger partial charge in [0.15, 0.2) is 5.78 Å². The molecule has 1 unspecified atom stereocenters. The Morgan fingerprint density at radius 1 is 1.07 bits per heavy atom. The van der Waals surface area contributed by atoms with Gasteiger partial charge in [0, 0.05) is 30.9 Å². The summed E-state index contributed by atoms with van der Waals surface area (Å²) >= 11 is 0. The molecule has 0 radical (unpaired) electrons. The third-order valence-electron chi connectivity index (χ3n) is 6.15. The molecule has 5 rings (SSSR count). The second-order valence-corrected chi connectivity index (χ2v) is 8.17. The lowest BCUT2D eigenvalue weighted by molar-refractivity contribution is 0.0481. The zero-order chi connectivity index (χ0) is 20.7. The van der Waals surface area contributed by atoms with E-state index in [1.54, 1.807) is 19.2 Å². The largest absolute Gasteiger partial charge is 0.497 e. The number of Topliss-reactive ketones (excluding diaryl/α,β-unsaturated/α-hetero) is 1. The molecule has 0 bridgehead atoms. The molecule has 2 heterocycles. The lowest BCUT2D eigenvalue weighted by Crippen LogP contribution is -2.70. The molecule has 0 amide bonds. The van der Waals surface area contributed by atoms with Crippen LogP contribution in [-0.4, -0.2) is 36.4 Å². The molecule has 3 aromatic rings. The molecule has 30 heavy (non-hydrogen) atoms. The summed E-state index contributed by atoms with van der Waals surface area (Å²) in [6.45, 7) is 2.08. The monoisotopic (exact) mass is 402 g/mol. The lowest BCUT2D eigenvalue weighted by Gasteiger charge is -2.56. The van der Waals surface area contributed by atoms with Crippen LogP contribution in [-0.2, 0) is 6.54 Å². The first-order valence-corrected chi connectivity index (χ1v) is 10.1. The number of hydrogen-bond donors (Lipinski definition) is 1. The smallest absolute Gasteiger partial charge is 0.174 e. The molecule has 1 saturated heterocycles. The number of nitrogens with one attached hydrogen (secondary N) is 1. The molecule has 0 saturated carbocycles. The first-order chi connectivity index (χ1) is 14.6. The van der Waals surface area contributed by atoms with Crippen LogP contribution in [0.25, 0.3) is 0 Å². The number of carbonyl (C=O) groups is 1. The third-order valence-corrected chi connectivity index (χ3v) is 6.15. The Morgan fingerprint density at radius 2 is 1.83 bits per heavy atom. The summed E-state index contributed by atoms with van der Waals surface area (Å²) < 4.78 is 18.8. The third kappa shape index (κ3) is 3.15. The van der Waals surface area contributed by atoms with Crippen molar-refractivity contribution >= 4 is 11.5 Å². The van der Waals surface area contributed by atoms with Crippen molar-refractivity contribution in [3.63, 3.8) is 0 Å². The lowest BCUT2D eigenvalue weighted by atomic mass is 9.67.